The maximum atomic E-state index is 12.1. The fraction of sp³-hybridized carbons (Fsp3) is 0.348. The van der Waals surface area contributed by atoms with Crippen LogP contribution in [0, 0.1) is 5.92 Å². The molecule has 0 radical (unpaired) electrons. The smallest absolute Gasteiger partial charge is 0.407 e. The molecule has 0 saturated carbocycles. The second kappa shape index (κ2) is 9.43. The maximum Gasteiger partial charge on any atom is 0.407 e. The lowest BCUT2D eigenvalue weighted by atomic mass is 9.98. The van der Waals surface area contributed by atoms with Crippen LogP contribution in [0.3, 0.4) is 0 Å². The number of carboxylic acids is 1. The van der Waals surface area contributed by atoms with Crippen molar-refractivity contribution in [2.45, 2.75) is 32.2 Å². The van der Waals surface area contributed by atoms with Crippen LogP contribution in [0.1, 0.15) is 37.3 Å². The molecule has 2 amide bonds. The highest BCUT2D eigenvalue weighted by Crippen LogP contribution is 2.44. The molecule has 1 aliphatic carbocycles. The van der Waals surface area contributed by atoms with Gasteiger partial charge in [-0.15, -0.1) is 0 Å². The molecule has 2 aromatic carbocycles. The quantitative estimate of drug-likeness (QED) is 0.620. The van der Waals surface area contributed by atoms with E-state index in [2.05, 4.69) is 22.8 Å². The van der Waals surface area contributed by atoms with Crippen molar-refractivity contribution in [2.24, 2.45) is 5.92 Å². The van der Waals surface area contributed by atoms with Crippen molar-refractivity contribution < 1.29 is 24.2 Å². The standard InChI is InChI=1S/C23H26N2O5/c1-14(2)11-20(22(27)28)25-21(26)12-24-23(29)30-13-19-17-9-5-3-7-15(17)16-8-4-6-10-18(16)19/h3-10,14,19-20H,11-13H2,1-2H3,(H,24,29)(H,25,26)(H,27,28)/t20-/m1/s1. The Balaban J connectivity index is 1.53. The molecule has 0 unspecified atom stereocenters. The predicted octanol–water partition coefficient (Wildman–Crippen LogP) is 3.14. The van der Waals surface area contributed by atoms with Gasteiger partial charge in [-0.2, -0.15) is 0 Å². The summed E-state index contributed by atoms with van der Waals surface area (Å²) >= 11 is 0. The Morgan fingerprint density at radius 3 is 2.10 bits per heavy atom. The number of carbonyl (C=O) groups excluding carboxylic acids is 2. The normalized spacial score (nSPS) is 13.3. The third kappa shape index (κ3) is 4.97. The number of aliphatic carboxylic acids is 1. The van der Waals surface area contributed by atoms with E-state index in [4.69, 9.17) is 4.74 Å². The topological polar surface area (TPSA) is 105 Å². The third-order valence-electron chi connectivity index (χ3n) is 5.08. The van der Waals surface area contributed by atoms with Crippen LogP contribution >= 0.6 is 0 Å². The van der Waals surface area contributed by atoms with E-state index in [9.17, 15) is 19.5 Å². The van der Waals surface area contributed by atoms with Crippen LogP contribution in [0.15, 0.2) is 48.5 Å². The van der Waals surface area contributed by atoms with E-state index in [0.717, 1.165) is 22.3 Å². The Bertz CT molecular complexity index is 895. The summed E-state index contributed by atoms with van der Waals surface area (Å²) in [5.41, 5.74) is 4.46. The van der Waals surface area contributed by atoms with E-state index in [1.807, 2.05) is 50.2 Å². The summed E-state index contributed by atoms with van der Waals surface area (Å²) in [7, 11) is 0. The first-order chi connectivity index (χ1) is 14.4. The zero-order valence-corrected chi connectivity index (χ0v) is 17.1. The lowest BCUT2D eigenvalue weighted by molar-refractivity contribution is -0.142. The number of hydrogen-bond acceptors (Lipinski definition) is 4. The van der Waals surface area contributed by atoms with Crippen LogP contribution in [0.25, 0.3) is 11.1 Å². The second-order valence-electron chi connectivity index (χ2n) is 7.77. The summed E-state index contributed by atoms with van der Waals surface area (Å²) < 4.78 is 5.36. The Hall–Kier alpha value is -3.35. The molecule has 0 bridgehead atoms. The Kier molecular flexibility index (Phi) is 6.72. The fourth-order valence-corrected chi connectivity index (χ4v) is 3.74. The van der Waals surface area contributed by atoms with Gasteiger partial charge < -0.3 is 20.5 Å². The van der Waals surface area contributed by atoms with Gasteiger partial charge in [0.25, 0.3) is 0 Å². The van der Waals surface area contributed by atoms with Gasteiger partial charge in [0.1, 0.15) is 19.2 Å². The molecule has 0 heterocycles. The molecular formula is C23H26N2O5. The van der Waals surface area contributed by atoms with Gasteiger partial charge in [0, 0.05) is 5.92 Å². The summed E-state index contributed by atoms with van der Waals surface area (Å²) in [6.45, 7) is 3.54. The SMILES string of the molecule is CC(C)C[C@@H](NC(=O)CNC(=O)OCC1c2ccccc2-c2ccccc21)C(=O)O. The van der Waals surface area contributed by atoms with Crippen molar-refractivity contribution in [3.8, 4) is 11.1 Å². The average Bonchev–Trinajstić information content (AvgIpc) is 3.04. The van der Waals surface area contributed by atoms with Gasteiger partial charge in [0.2, 0.25) is 5.91 Å². The predicted molar refractivity (Wildman–Crippen MR) is 112 cm³/mol. The lowest BCUT2D eigenvalue weighted by Gasteiger charge is -2.17. The van der Waals surface area contributed by atoms with Crippen molar-refractivity contribution in [3.05, 3.63) is 59.7 Å². The van der Waals surface area contributed by atoms with E-state index >= 15 is 0 Å². The highest BCUT2D eigenvalue weighted by molar-refractivity contribution is 5.86. The number of nitrogens with one attached hydrogen (secondary N) is 2. The van der Waals surface area contributed by atoms with Crippen LogP contribution < -0.4 is 10.6 Å². The highest BCUT2D eigenvalue weighted by Gasteiger charge is 2.29. The summed E-state index contributed by atoms with van der Waals surface area (Å²) in [6.07, 6.45) is -0.408. The van der Waals surface area contributed by atoms with E-state index in [1.165, 1.54) is 0 Å². The van der Waals surface area contributed by atoms with Crippen molar-refractivity contribution in [2.75, 3.05) is 13.2 Å². The van der Waals surface area contributed by atoms with Crippen molar-refractivity contribution in [1.82, 2.24) is 10.6 Å². The molecule has 0 fully saturated rings. The van der Waals surface area contributed by atoms with Crippen LogP contribution in [0.4, 0.5) is 4.79 Å². The highest BCUT2D eigenvalue weighted by atomic mass is 16.5. The molecule has 30 heavy (non-hydrogen) atoms. The number of fused-ring (bicyclic) bond motifs is 3. The van der Waals surface area contributed by atoms with E-state index < -0.39 is 24.0 Å². The summed E-state index contributed by atoms with van der Waals surface area (Å²) in [5, 5.41) is 14.0. The van der Waals surface area contributed by atoms with Crippen molar-refractivity contribution in [1.29, 1.82) is 0 Å². The molecule has 0 aromatic heterocycles. The molecule has 0 aliphatic heterocycles. The fourth-order valence-electron chi connectivity index (χ4n) is 3.74. The molecule has 2 aromatic rings. The molecule has 158 valence electrons. The molecule has 3 rings (SSSR count). The third-order valence-corrected chi connectivity index (χ3v) is 5.08. The van der Waals surface area contributed by atoms with Gasteiger partial charge in [-0.1, -0.05) is 62.4 Å². The number of carbonyl (C=O) groups is 3. The molecule has 7 heteroatoms. The molecule has 3 N–H and O–H groups in total. The van der Waals surface area contributed by atoms with Crippen LogP contribution in [-0.4, -0.2) is 42.3 Å². The zero-order chi connectivity index (χ0) is 21.7. The van der Waals surface area contributed by atoms with Crippen LogP contribution in [-0.2, 0) is 14.3 Å². The monoisotopic (exact) mass is 410 g/mol. The maximum absolute atomic E-state index is 12.1. The van der Waals surface area contributed by atoms with Gasteiger partial charge in [-0.3, -0.25) is 4.79 Å². The Labute approximate surface area is 175 Å². The van der Waals surface area contributed by atoms with Gasteiger partial charge in [-0.25, -0.2) is 9.59 Å². The van der Waals surface area contributed by atoms with E-state index in [1.54, 1.807) is 0 Å². The number of carboxylic acid groups (broad SMARTS) is 1. The Morgan fingerprint density at radius 2 is 1.57 bits per heavy atom. The summed E-state index contributed by atoms with van der Waals surface area (Å²) in [4.78, 5) is 35.3. The van der Waals surface area contributed by atoms with Gasteiger partial charge in [-0.05, 0) is 34.6 Å². The number of amides is 2. The average molecular weight is 410 g/mol. The second-order valence-corrected chi connectivity index (χ2v) is 7.77. The molecule has 0 spiro atoms. The molecule has 1 atom stereocenters. The minimum atomic E-state index is -1.10. The minimum Gasteiger partial charge on any atom is -0.480 e. The first kappa shape index (κ1) is 21.4. The molecule has 0 saturated heterocycles. The van der Waals surface area contributed by atoms with Gasteiger partial charge in [0.05, 0.1) is 0 Å². The number of rotatable bonds is 8. The van der Waals surface area contributed by atoms with Crippen molar-refractivity contribution in [3.63, 3.8) is 0 Å². The summed E-state index contributed by atoms with van der Waals surface area (Å²) in [5.74, 6) is -1.63. The number of alkyl carbamates (subject to hydrolysis) is 1. The van der Waals surface area contributed by atoms with E-state index in [0.29, 0.717) is 6.42 Å². The van der Waals surface area contributed by atoms with Crippen molar-refractivity contribution >= 4 is 18.0 Å². The largest absolute Gasteiger partial charge is 0.480 e. The number of hydrogen-bond donors (Lipinski definition) is 3. The molecular weight excluding hydrogens is 384 g/mol. The number of ether oxygens (including phenoxy) is 1. The molecule has 7 nitrogen and oxygen atoms in total. The first-order valence-corrected chi connectivity index (χ1v) is 9.97. The lowest BCUT2D eigenvalue weighted by Crippen LogP contribution is -2.46. The Morgan fingerprint density at radius 1 is 1.00 bits per heavy atom. The number of benzene rings is 2. The zero-order valence-electron chi connectivity index (χ0n) is 17.1. The van der Waals surface area contributed by atoms with Crippen LogP contribution in [0.2, 0.25) is 0 Å². The van der Waals surface area contributed by atoms with Crippen LogP contribution in [0.5, 0.6) is 0 Å². The van der Waals surface area contributed by atoms with Gasteiger partial charge in [0.15, 0.2) is 0 Å². The van der Waals surface area contributed by atoms with E-state index in [-0.39, 0.29) is 25.0 Å². The minimum absolute atomic E-state index is 0.0700. The first-order valence-electron chi connectivity index (χ1n) is 9.97. The summed E-state index contributed by atoms with van der Waals surface area (Å²) in [6, 6.07) is 15.0. The van der Waals surface area contributed by atoms with Gasteiger partial charge >= 0.3 is 12.1 Å². The molecule has 1 aliphatic rings.